The Morgan fingerprint density at radius 1 is 1.38 bits per heavy atom. The van der Waals surface area contributed by atoms with E-state index in [0.29, 0.717) is 11.8 Å². The minimum absolute atomic E-state index is 0.0905. The molecular weight excluding hydrogens is 202 g/mol. The van der Waals surface area contributed by atoms with Crippen molar-refractivity contribution in [2.24, 2.45) is 16.6 Å². The van der Waals surface area contributed by atoms with E-state index in [0.717, 1.165) is 13.0 Å². The molecule has 4 nitrogen and oxygen atoms in total. The van der Waals surface area contributed by atoms with Gasteiger partial charge in [0.2, 0.25) is 0 Å². The minimum Gasteiger partial charge on any atom is -0.385 e. The first-order chi connectivity index (χ1) is 7.74. The predicted molar refractivity (Wildman–Crippen MR) is 64.4 cm³/mol. The second-order valence-electron chi connectivity index (χ2n) is 4.86. The molecule has 16 heavy (non-hydrogen) atoms. The van der Waals surface area contributed by atoms with Gasteiger partial charge in [0.1, 0.15) is 5.84 Å². The van der Waals surface area contributed by atoms with E-state index in [1.165, 1.54) is 32.1 Å². The number of amides is 2. The van der Waals surface area contributed by atoms with Crippen molar-refractivity contribution in [3.63, 3.8) is 0 Å². The molecule has 4 heteroatoms. The van der Waals surface area contributed by atoms with Gasteiger partial charge in [0.25, 0.3) is 0 Å². The quantitative estimate of drug-likeness (QED) is 0.796. The highest BCUT2D eigenvalue weighted by atomic mass is 16.2. The molecule has 1 fully saturated rings. The summed E-state index contributed by atoms with van der Waals surface area (Å²) in [7, 11) is 0. The third-order valence-electron chi connectivity index (χ3n) is 3.67. The third-order valence-corrected chi connectivity index (χ3v) is 3.67. The predicted octanol–water partition coefficient (Wildman–Crippen LogP) is 2.14. The topological polar surface area (TPSA) is 58.7 Å². The molecule has 0 aromatic rings. The highest BCUT2D eigenvalue weighted by Gasteiger charge is 2.38. The molecule has 1 aliphatic carbocycles. The summed E-state index contributed by atoms with van der Waals surface area (Å²) < 4.78 is 0. The molecule has 1 atom stereocenters. The summed E-state index contributed by atoms with van der Waals surface area (Å²) in [6, 6.07) is -0.0392. The van der Waals surface area contributed by atoms with Crippen LogP contribution >= 0.6 is 0 Å². The molecule has 90 valence electrons. The lowest BCUT2D eigenvalue weighted by Gasteiger charge is -2.33. The van der Waals surface area contributed by atoms with E-state index in [4.69, 9.17) is 5.73 Å². The van der Waals surface area contributed by atoms with Crippen molar-refractivity contribution in [2.75, 3.05) is 6.54 Å². The van der Waals surface area contributed by atoms with Crippen LogP contribution in [0.5, 0.6) is 0 Å². The summed E-state index contributed by atoms with van der Waals surface area (Å²) in [5, 5.41) is 0. The smallest absolute Gasteiger partial charge is 0.345 e. The lowest BCUT2D eigenvalue weighted by Crippen LogP contribution is -2.46. The number of urea groups is 1. The SMILES string of the molecule is CCCN1C(=O)N=C(N)C1C1CCCCC1. The summed E-state index contributed by atoms with van der Waals surface area (Å²) in [4.78, 5) is 17.5. The van der Waals surface area contributed by atoms with Gasteiger partial charge in [-0.1, -0.05) is 26.2 Å². The normalized spacial score (nSPS) is 27.3. The van der Waals surface area contributed by atoms with Crippen LogP contribution in [0.2, 0.25) is 0 Å². The van der Waals surface area contributed by atoms with E-state index in [-0.39, 0.29) is 12.1 Å². The highest BCUT2D eigenvalue weighted by molar-refractivity contribution is 6.02. The Bertz CT molecular complexity index is 295. The Hall–Kier alpha value is -1.06. The second kappa shape index (κ2) is 4.85. The number of carbonyl (C=O) groups excluding carboxylic acids is 1. The fraction of sp³-hybridized carbons (Fsp3) is 0.833. The highest BCUT2D eigenvalue weighted by Crippen LogP contribution is 2.31. The van der Waals surface area contributed by atoms with Crippen LogP contribution in [-0.4, -0.2) is 29.4 Å². The van der Waals surface area contributed by atoms with Crippen molar-refractivity contribution in [3.05, 3.63) is 0 Å². The van der Waals surface area contributed by atoms with Crippen molar-refractivity contribution in [2.45, 2.75) is 51.5 Å². The molecule has 0 aromatic carbocycles. The zero-order chi connectivity index (χ0) is 11.5. The van der Waals surface area contributed by atoms with Crippen molar-refractivity contribution in [1.29, 1.82) is 0 Å². The van der Waals surface area contributed by atoms with Crippen LogP contribution in [0.25, 0.3) is 0 Å². The molecule has 1 heterocycles. The van der Waals surface area contributed by atoms with Gasteiger partial charge >= 0.3 is 6.03 Å². The van der Waals surface area contributed by atoms with Gasteiger partial charge in [-0.2, -0.15) is 4.99 Å². The van der Waals surface area contributed by atoms with Crippen molar-refractivity contribution in [1.82, 2.24) is 4.90 Å². The average Bonchev–Trinajstić information content (AvgIpc) is 2.56. The van der Waals surface area contributed by atoms with Crippen LogP contribution < -0.4 is 5.73 Å². The third kappa shape index (κ3) is 2.06. The molecule has 2 amide bonds. The van der Waals surface area contributed by atoms with E-state index in [9.17, 15) is 4.79 Å². The number of nitrogens with zero attached hydrogens (tertiary/aromatic N) is 2. The number of rotatable bonds is 3. The standard InChI is InChI=1S/C12H21N3O/c1-2-8-15-10(11(13)14-12(15)16)9-6-4-3-5-7-9/h9-10H,2-8H2,1H3,(H2,13,14,16). The fourth-order valence-corrected chi connectivity index (χ4v) is 2.94. The summed E-state index contributed by atoms with van der Waals surface area (Å²) in [5.74, 6) is 1.08. The minimum atomic E-state index is -0.130. The first-order valence-electron chi connectivity index (χ1n) is 6.38. The molecule has 0 bridgehead atoms. The van der Waals surface area contributed by atoms with Gasteiger partial charge in [-0.15, -0.1) is 0 Å². The van der Waals surface area contributed by atoms with Crippen molar-refractivity contribution < 1.29 is 4.79 Å². The molecule has 1 saturated carbocycles. The van der Waals surface area contributed by atoms with Crippen LogP contribution in [0.4, 0.5) is 4.79 Å². The molecule has 0 aromatic heterocycles. The summed E-state index contributed by atoms with van der Waals surface area (Å²) >= 11 is 0. The van der Waals surface area contributed by atoms with E-state index in [1.54, 1.807) is 0 Å². The van der Waals surface area contributed by atoms with Gasteiger partial charge in [-0.05, 0) is 25.2 Å². The number of hydrogen-bond acceptors (Lipinski definition) is 2. The first-order valence-corrected chi connectivity index (χ1v) is 6.38. The molecular formula is C12H21N3O. The average molecular weight is 223 g/mol. The van der Waals surface area contributed by atoms with Gasteiger partial charge in [0.05, 0.1) is 6.04 Å². The molecule has 1 unspecified atom stereocenters. The van der Waals surface area contributed by atoms with E-state index in [2.05, 4.69) is 11.9 Å². The van der Waals surface area contributed by atoms with Crippen LogP contribution in [0.1, 0.15) is 45.4 Å². The summed E-state index contributed by atoms with van der Waals surface area (Å²) in [6.07, 6.45) is 7.20. The molecule has 2 aliphatic rings. The maximum atomic E-state index is 11.7. The Balaban J connectivity index is 2.09. The molecule has 0 spiro atoms. The summed E-state index contributed by atoms with van der Waals surface area (Å²) in [6.45, 7) is 2.87. The van der Waals surface area contributed by atoms with Crippen molar-refractivity contribution in [3.8, 4) is 0 Å². The Morgan fingerprint density at radius 2 is 2.06 bits per heavy atom. The Kier molecular flexibility index (Phi) is 3.46. The van der Waals surface area contributed by atoms with Gasteiger partial charge < -0.3 is 10.6 Å². The van der Waals surface area contributed by atoms with Crippen LogP contribution in [-0.2, 0) is 0 Å². The zero-order valence-corrected chi connectivity index (χ0v) is 9.98. The molecule has 2 N–H and O–H groups in total. The number of hydrogen-bond donors (Lipinski definition) is 1. The summed E-state index contributed by atoms with van der Waals surface area (Å²) in [5.41, 5.74) is 5.91. The first kappa shape index (κ1) is 11.4. The van der Waals surface area contributed by atoms with E-state index >= 15 is 0 Å². The fourth-order valence-electron chi connectivity index (χ4n) is 2.94. The van der Waals surface area contributed by atoms with E-state index in [1.807, 2.05) is 4.90 Å². The lowest BCUT2D eigenvalue weighted by atomic mass is 9.83. The number of amidine groups is 1. The number of aliphatic imine (C=N–C) groups is 1. The zero-order valence-electron chi connectivity index (χ0n) is 9.98. The lowest BCUT2D eigenvalue weighted by molar-refractivity contribution is 0.176. The molecule has 0 saturated heterocycles. The van der Waals surface area contributed by atoms with Gasteiger partial charge in [0, 0.05) is 6.54 Å². The van der Waals surface area contributed by atoms with Crippen LogP contribution in [0.3, 0.4) is 0 Å². The number of carbonyl (C=O) groups is 1. The van der Waals surface area contributed by atoms with Gasteiger partial charge in [0.15, 0.2) is 0 Å². The van der Waals surface area contributed by atoms with Crippen molar-refractivity contribution >= 4 is 11.9 Å². The maximum absolute atomic E-state index is 11.7. The monoisotopic (exact) mass is 223 g/mol. The molecule has 0 radical (unpaired) electrons. The van der Waals surface area contributed by atoms with Crippen LogP contribution in [0.15, 0.2) is 4.99 Å². The van der Waals surface area contributed by atoms with E-state index < -0.39 is 0 Å². The van der Waals surface area contributed by atoms with Crippen LogP contribution in [0, 0.1) is 5.92 Å². The Labute approximate surface area is 96.9 Å². The molecule has 1 aliphatic heterocycles. The second-order valence-corrected chi connectivity index (χ2v) is 4.86. The van der Waals surface area contributed by atoms with Gasteiger partial charge in [-0.3, -0.25) is 0 Å². The van der Waals surface area contributed by atoms with Gasteiger partial charge in [-0.25, -0.2) is 4.79 Å². The Morgan fingerprint density at radius 3 is 2.69 bits per heavy atom. The molecule has 2 rings (SSSR count). The number of nitrogens with two attached hydrogens (primary N) is 1. The maximum Gasteiger partial charge on any atom is 0.345 e. The largest absolute Gasteiger partial charge is 0.385 e.